The van der Waals surface area contributed by atoms with Crippen LogP contribution in [0.25, 0.3) is 5.69 Å². The van der Waals surface area contributed by atoms with Gasteiger partial charge in [-0.15, -0.1) is 0 Å². The number of nitriles is 1. The van der Waals surface area contributed by atoms with Crippen LogP contribution in [0.2, 0.25) is 5.02 Å². The van der Waals surface area contributed by atoms with E-state index in [0.29, 0.717) is 28.5 Å². The number of anilines is 1. The molecule has 0 bridgehead atoms. The van der Waals surface area contributed by atoms with Gasteiger partial charge in [0.15, 0.2) is 5.82 Å². The Hall–Kier alpha value is -2.32. The average Bonchev–Trinajstić information content (AvgIpc) is 2.89. The fourth-order valence-electron chi connectivity index (χ4n) is 1.90. The van der Waals surface area contributed by atoms with E-state index in [2.05, 4.69) is 10.4 Å². The van der Waals surface area contributed by atoms with Crippen LogP contribution in [0.1, 0.15) is 31.4 Å². The number of halogens is 1. The van der Waals surface area contributed by atoms with Crippen molar-refractivity contribution in [1.82, 2.24) is 9.78 Å². The number of carbonyl (C=O) groups is 1. The van der Waals surface area contributed by atoms with Crippen molar-refractivity contribution in [3.63, 3.8) is 0 Å². The maximum atomic E-state index is 11.6. The van der Waals surface area contributed by atoms with E-state index >= 15 is 0 Å². The highest BCUT2D eigenvalue weighted by Crippen LogP contribution is 2.26. The number of nitrogens with one attached hydrogen (secondary N) is 1. The summed E-state index contributed by atoms with van der Waals surface area (Å²) < 4.78 is 1.48. The number of aromatic nitrogens is 2. The minimum Gasteiger partial charge on any atom is -0.309 e. The molecule has 0 radical (unpaired) electrons. The van der Waals surface area contributed by atoms with Crippen molar-refractivity contribution in [3.8, 4) is 11.8 Å². The molecule has 0 aliphatic heterocycles. The first-order valence-corrected chi connectivity index (χ1v) is 7.05. The van der Waals surface area contributed by atoms with Crippen LogP contribution in [0, 0.1) is 11.3 Å². The van der Waals surface area contributed by atoms with Gasteiger partial charge in [0.2, 0.25) is 5.91 Å². The summed E-state index contributed by atoms with van der Waals surface area (Å²) in [5.41, 5.74) is 2.03. The molecule has 0 atom stereocenters. The largest absolute Gasteiger partial charge is 0.309 e. The van der Waals surface area contributed by atoms with Gasteiger partial charge in [0, 0.05) is 6.42 Å². The molecule has 1 amide bonds. The number of carbonyl (C=O) groups excluding carboxylic acids is 1. The minimum atomic E-state index is -0.186. The van der Waals surface area contributed by atoms with Crippen LogP contribution in [0.3, 0.4) is 0 Å². The molecule has 0 fully saturated rings. The van der Waals surface area contributed by atoms with Crippen LogP contribution >= 0.6 is 11.6 Å². The van der Waals surface area contributed by atoms with Gasteiger partial charge in [-0.3, -0.25) is 4.79 Å². The molecule has 0 saturated heterocycles. The maximum Gasteiger partial charge on any atom is 0.225 e. The molecule has 2 aromatic rings. The molecule has 6 heteroatoms. The SMILES string of the molecule is CCC(=O)Nc1c(C#N)cnn1-c1ccc(CC)cc1Cl. The molecule has 0 aliphatic rings. The second-order valence-electron chi connectivity index (χ2n) is 4.47. The Kier molecular flexibility index (Phi) is 4.61. The summed E-state index contributed by atoms with van der Waals surface area (Å²) in [5, 5.41) is 16.5. The van der Waals surface area contributed by atoms with Crippen LogP contribution in [-0.4, -0.2) is 15.7 Å². The molecule has 21 heavy (non-hydrogen) atoms. The molecule has 0 unspecified atom stereocenters. The zero-order chi connectivity index (χ0) is 15.4. The topological polar surface area (TPSA) is 70.7 Å². The highest BCUT2D eigenvalue weighted by molar-refractivity contribution is 6.32. The average molecular weight is 303 g/mol. The molecular formula is C15H15ClN4O. The third-order valence-electron chi connectivity index (χ3n) is 3.12. The molecule has 2 rings (SSSR count). The molecule has 1 aromatic heterocycles. The molecule has 1 aromatic carbocycles. The molecule has 108 valence electrons. The van der Waals surface area contributed by atoms with Gasteiger partial charge in [-0.1, -0.05) is 31.5 Å². The van der Waals surface area contributed by atoms with E-state index in [1.54, 1.807) is 6.92 Å². The van der Waals surface area contributed by atoms with Crippen molar-refractivity contribution in [2.24, 2.45) is 0 Å². The van der Waals surface area contributed by atoms with Crippen molar-refractivity contribution >= 4 is 23.3 Å². The van der Waals surface area contributed by atoms with Gasteiger partial charge >= 0.3 is 0 Å². The minimum absolute atomic E-state index is 0.186. The Bertz CT molecular complexity index is 715. The lowest BCUT2D eigenvalue weighted by atomic mass is 10.1. The summed E-state index contributed by atoms with van der Waals surface area (Å²) in [6, 6.07) is 7.65. The Balaban J connectivity index is 2.52. The monoisotopic (exact) mass is 302 g/mol. The van der Waals surface area contributed by atoms with Crippen LogP contribution in [-0.2, 0) is 11.2 Å². The lowest BCUT2D eigenvalue weighted by molar-refractivity contribution is -0.115. The summed E-state index contributed by atoms with van der Waals surface area (Å²) in [6.07, 6.45) is 2.61. The van der Waals surface area contributed by atoms with Crippen LogP contribution in [0.15, 0.2) is 24.4 Å². The molecule has 1 heterocycles. The molecular weight excluding hydrogens is 288 g/mol. The predicted molar refractivity (Wildman–Crippen MR) is 81.6 cm³/mol. The van der Waals surface area contributed by atoms with Crippen LogP contribution in [0.4, 0.5) is 5.82 Å². The van der Waals surface area contributed by atoms with Crippen molar-refractivity contribution in [2.75, 3.05) is 5.32 Å². The zero-order valence-electron chi connectivity index (χ0n) is 11.9. The van der Waals surface area contributed by atoms with E-state index in [1.807, 2.05) is 31.2 Å². The maximum absolute atomic E-state index is 11.6. The van der Waals surface area contributed by atoms with Gasteiger partial charge in [0.05, 0.1) is 16.9 Å². The van der Waals surface area contributed by atoms with Gasteiger partial charge in [-0.05, 0) is 24.1 Å². The van der Waals surface area contributed by atoms with Gasteiger partial charge in [-0.25, -0.2) is 4.68 Å². The highest BCUT2D eigenvalue weighted by Gasteiger charge is 2.16. The first-order chi connectivity index (χ1) is 10.1. The van der Waals surface area contributed by atoms with Gasteiger partial charge in [0.25, 0.3) is 0 Å². The smallest absolute Gasteiger partial charge is 0.225 e. The Morgan fingerprint density at radius 1 is 1.48 bits per heavy atom. The predicted octanol–water partition coefficient (Wildman–Crippen LogP) is 3.31. The van der Waals surface area contributed by atoms with E-state index in [-0.39, 0.29) is 5.91 Å². The van der Waals surface area contributed by atoms with E-state index in [0.717, 1.165) is 12.0 Å². The molecule has 0 saturated carbocycles. The summed E-state index contributed by atoms with van der Waals surface area (Å²) in [6.45, 7) is 3.78. The van der Waals surface area contributed by atoms with Crippen LogP contribution < -0.4 is 5.32 Å². The van der Waals surface area contributed by atoms with Crippen molar-refractivity contribution < 1.29 is 4.79 Å². The Morgan fingerprint density at radius 3 is 2.81 bits per heavy atom. The number of rotatable bonds is 4. The first-order valence-electron chi connectivity index (χ1n) is 6.67. The summed E-state index contributed by atoms with van der Waals surface area (Å²) in [7, 11) is 0. The Labute approximate surface area is 128 Å². The van der Waals surface area contributed by atoms with Crippen LogP contribution in [0.5, 0.6) is 0 Å². The highest BCUT2D eigenvalue weighted by atomic mass is 35.5. The second kappa shape index (κ2) is 6.42. The number of hydrogen-bond acceptors (Lipinski definition) is 3. The third kappa shape index (κ3) is 3.06. The number of aryl methyl sites for hydroxylation is 1. The molecule has 0 spiro atoms. The van der Waals surface area contributed by atoms with E-state index in [1.165, 1.54) is 10.9 Å². The summed E-state index contributed by atoms with van der Waals surface area (Å²) in [4.78, 5) is 11.6. The third-order valence-corrected chi connectivity index (χ3v) is 3.42. The van der Waals surface area contributed by atoms with Gasteiger partial charge < -0.3 is 5.32 Å². The number of nitrogens with zero attached hydrogens (tertiary/aromatic N) is 3. The number of amides is 1. The normalized spacial score (nSPS) is 10.2. The van der Waals surface area contributed by atoms with Crippen molar-refractivity contribution in [2.45, 2.75) is 26.7 Å². The fraction of sp³-hybridized carbons (Fsp3) is 0.267. The zero-order valence-corrected chi connectivity index (χ0v) is 12.6. The van der Waals surface area contributed by atoms with Crippen molar-refractivity contribution in [3.05, 3.63) is 40.5 Å². The molecule has 1 N–H and O–H groups in total. The number of benzene rings is 1. The fourth-order valence-corrected chi connectivity index (χ4v) is 2.18. The van der Waals surface area contributed by atoms with E-state index in [9.17, 15) is 4.79 Å². The summed E-state index contributed by atoms with van der Waals surface area (Å²) in [5.74, 6) is 0.157. The van der Waals surface area contributed by atoms with Gasteiger partial charge in [-0.2, -0.15) is 10.4 Å². The lowest BCUT2D eigenvalue weighted by Gasteiger charge is -2.11. The van der Waals surface area contributed by atoms with Crippen molar-refractivity contribution in [1.29, 1.82) is 5.26 Å². The van der Waals surface area contributed by atoms with E-state index in [4.69, 9.17) is 16.9 Å². The standard InChI is InChI=1S/C15H15ClN4O/c1-3-10-5-6-13(12(16)7-10)20-15(19-14(21)4-2)11(8-17)9-18-20/h5-7,9H,3-4H2,1-2H3,(H,19,21). The molecule has 0 aliphatic carbocycles. The van der Waals surface area contributed by atoms with Gasteiger partial charge in [0.1, 0.15) is 11.6 Å². The Morgan fingerprint density at radius 2 is 2.24 bits per heavy atom. The quantitative estimate of drug-likeness (QED) is 0.942. The summed E-state index contributed by atoms with van der Waals surface area (Å²) >= 11 is 6.28. The van der Waals surface area contributed by atoms with E-state index < -0.39 is 0 Å². The first kappa shape index (κ1) is 15.1. The second-order valence-corrected chi connectivity index (χ2v) is 4.88. The lowest BCUT2D eigenvalue weighted by Crippen LogP contribution is -2.14. The molecule has 5 nitrogen and oxygen atoms in total. The number of hydrogen-bond donors (Lipinski definition) is 1.